The lowest BCUT2D eigenvalue weighted by molar-refractivity contribution is -0.138. The number of rotatable bonds is 3. The van der Waals surface area contributed by atoms with Crippen molar-refractivity contribution in [2.24, 2.45) is 11.6 Å². The molecule has 0 aliphatic heterocycles. The number of anilines is 1. The van der Waals surface area contributed by atoms with Crippen molar-refractivity contribution < 1.29 is 9.53 Å². The molecule has 6 heteroatoms. The molecule has 0 atom stereocenters. The summed E-state index contributed by atoms with van der Waals surface area (Å²) in [6.45, 7) is 6.37. The number of benzene rings is 1. The van der Waals surface area contributed by atoms with Gasteiger partial charge >= 0.3 is 0 Å². The van der Waals surface area contributed by atoms with E-state index in [-0.39, 0.29) is 5.60 Å². The third-order valence-corrected chi connectivity index (χ3v) is 2.19. The second kappa shape index (κ2) is 7.92. The normalized spacial score (nSPS) is 10.1. The SMILES string of the molecule is CC(C)(C)OC=O.NCc1ccc(NN)cc1Cl. The number of carbonyl (C=O) groups excluding carboxylic acids is 1. The maximum absolute atomic E-state index is 9.60. The van der Waals surface area contributed by atoms with Crippen LogP contribution in [0.3, 0.4) is 0 Å². The van der Waals surface area contributed by atoms with Crippen LogP contribution in [0.15, 0.2) is 18.2 Å². The van der Waals surface area contributed by atoms with E-state index in [9.17, 15) is 4.79 Å². The van der Waals surface area contributed by atoms with Gasteiger partial charge in [-0.1, -0.05) is 17.7 Å². The predicted molar refractivity (Wildman–Crippen MR) is 74.1 cm³/mol. The van der Waals surface area contributed by atoms with Crippen LogP contribution >= 0.6 is 11.6 Å². The Bertz CT molecular complexity index is 378. The third-order valence-electron chi connectivity index (χ3n) is 1.84. The zero-order valence-electron chi connectivity index (χ0n) is 10.9. The first-order valence-corrected chi connectivity index (χ1v) is 5.78. The molecular formula is C12H20ClN3O2. The number of hydrogen-bond donors (Lipinski definition) is 3. The van der Waals surface area contributed by atoms with Gasteiger partial charge in [-0.25, -0.2) is 0 Å². The van der Waals surface area contributed by atoms with Crippen LogP contribution in [0, 0.1) is 0 Å². The molecule has 0 saturated carbocycles. The van der Waals surface area contributed by atoms with Gasteiger partial charge in [-0.05, 0) is 38.5 Å². The van der Waals surface area contributed by atoms with E-state index < -0.39 is 0 Å². The molecule has 0 aliphatic carbocycles. The van der Waals surface area contributed by atoms with E-state index in [1.165, 1.54) is 0 Å². The first-order valence-electron chi connectivity index (χ1n) is 5.40. The number of carbonyl (C=O) groups is 1. The first-order chi connectivity index (χ1) is 8.34. The highest BCUT2D eigenvalue weighted by Gasteiger charge is 2.07. The largest absolute Gasteiger partial charge is 0.462 e. The molecule has 1 rings (SSSR count). The Hall–Kier alpha value is -1.30. The first kappa shape index (κ1) is 16.7. The molecule has 0 radical (unpaired) electrons. The monoisotopic (exact) mass is 273 g/mol. The van der Waals surface area contributed by atoms with Crippen molar-refractivity contribution in [1.29, 1.82) is 0 Å². The maximum atomic E-state index is 9.60. The van der Waals surface area contributed by atoms with Crippen molar-refractivity contribution in [3.05, 3.63) is 28.8 Å². The summed E-state index contributed by atoms with van der Waals surface area (Å²) in [4.78, 5) is 9.60. The van der Waals surface area contributed by atoms with Gasteiger partial charge in [-0.2, -0.15) is 0 Å². The molecule has 0 aromatic heterocycles. The van der Waals surface area contributed by atoms with Gasteiger partial charge in [0, 0.05) is 17.3 Å². The van der Waals surface area contributed by atoms with Crippen LogP contribution in [-0.2, 0) is 16.1 Å². The molecule has 1 aromatic carbocycles. The van der Waals surface area contributed by atoms with Gasteiger partial charge in [-0.3, -0.25) is 10.6 Å². The Kier molecular flexibility index (Phi) is 7.35. The Labute approximate surface area is 112 Å². The molecule has 18 heavy (non-hydrogen) atoms. The standard InChI is InChI=1S/C7H10ClN3.C5H10O2/c8-7-3-6(11-10)2-1-5(7)4-9;1-5(2,3)7-4-6/h1-3,11H,4,9-10H2;4H,1-3H3. The lowest BCUT2D eigenvalue weighted by Crippen LogP contribution is -2.17. The fraction of sp³-hybridized carbons (Fsp3) is 0.417. The lowest BCUT2D eigenvalue weighted by atomic mass is 10.2. The topological polar surface area (TPSA) is 90.4 Å². The van der Waals surface area contributed by atoms with Crippen molar-refractivity contribution in [2.75, 3.05) is 5.43 Å². The minimum Gasteiger partial charge on any atom is -0.462 e. The number of nitrogens with one attached hydrogen (secondary N) is 1. The van der Waals surface area contributed by atoms with Gasteiger partial charge in [0.2, 0.25) is 0 Å². The van der Waals surface area contributed by atoms with Gasteiger partial charge < -0.3 is 15.9 Å². The van der Waals surface area contributed by atoms with Gasteiger partial charge in [0.1, 0.15) is 5.60 Å². The van der Waals surface area contributed by atoms with Crippen molar-refractivity contribution in [1.82, 2.24) is 0 Å². The maximum Gasteiger partial charge on any atom is 0.293 e. The minimum atomic E-state index is -0.318. The molecule has 0 unspecified atom stereocenters. The zero-order chi connectivity index (χ0) is 14.2. The van der Waals surface area contributed by atoms with E-state index in [0.717, 1.165) is 11.3 Å². The summed E-state index contributed by atoms with van der Waals surface area (Å²) in [5, 5.41) is 0.642. The molecule has 0 heterocycles. The molecule has 102 valence electrons. The number of hydrogen-bond acceptors (Lipinski definition) is 5. The van der Waals surface area contributed by atoms with Gasteiger partial charge in [0.15, 0.2) is 0 Å². The highest BCUT2D eigenvalue weighted by atomic mass is 35.5. The average molecular weight is 274 g/mol. The summed E-state index contributed by atoms with van der Waals surface area (Å²) in [6.07, 6.45) is 0. The van der Waals surface area contributed by atoms with Crippen molar-refractivity contribution in [2.45, 2.75) is 32.9 Å². The molecule has 0 fully saturated rings. The van der Waals surface area contributed by atoms with Crippen LogP contribution in [0.25, 0.3) is 0 Å². The highest BCUT2D eigenvalue weighted by Crippen LogP contribution is 2.19. The summed E-state index contributed by atoms with van der Waals surface area (Å²) in [7, 11) is 0. The molecular weight excluding hydrogens is 254 g/mol. The summed E-state index contributed by atoms with van der Waals surface area (Å²) in [6, 6.07) is 5.41. The molecule has 0 amide bonds. The molecule has 5 N–H and O–H groups in total. The quantitative estimate of drug-likeness (QED) is 0.445. The van der Waals surface area contributed by atoms with E-state index in [1.807, 2.05) is 32.9 Å². The Morgan fingerprint density at radius 2 is 2.06 bits per heavy atom. The molecule has 0 saturated heterocycles. The van der Waals surface area contributed by atoms with Crippen LogP contribution in [0.4, 0.5) is 5.69 Å². The number of ether oxygens (including phenoxy) is 1. The fourth-order valence-electron chi connectivity index (χ4n) is 0.947. The van der Waals surface area contributed by atoms with Gasteiger partial charge in [0.25, 0.3) is 6.47 Å². The van der Waals surface area contributed by atoms with Gasteiger partial charge in [0.05, 0.1) is 0 Å². The second-order valence-electron chi connectivity index (χ2n) is 4.48. The molecule has 1 aromatic rings. The van der Waals surface area contributed by atoms with E-state index in [1.54, 1.807) is 6.07 Å². The zero-order valence-corrected chi connectivity index (χ0v) is 11.6. The number of nitrogen functional groups attached to an aromatic ring is 1. The lowest BCUT2D eigenvalue weighted by Gasteiger charge is -2.14. The fourth-order valence-corrected chi connectivity index (χ4v) is 1.20. The molecule has 0 bridgehead atoms. The summed E-state index contributed by atoms with van der Waals surface area (Å²) in [5.74, 6) is 5.17. The van der Waals surface area contributed by atoms with Crippen LogP contribution in [0.5, 0.6) is 0 Å². The Morgan fingerprint density at radius 3 is 2.33 bits per heavy atom. The Morgan fingerprint density at radius 1 is 1.44 bits per heavy atom. The van der Waals surface area contributed by atoms with Crippen molar-refractivity contribution in [3.8, 4) is 0 Å². The van der Waals surface area contributed by atoms with Crippen molar-refractivity contribution in [3.63, 3.8) is 0 Å². The molecule has 0 aliphatic rings. The highest BCUT2D eigenvalue weighted by molar-refractivity contribution is 6.31. The average Bonchev–Trinajstić information content (AvgIpc) is 2.28. The van der Waals surface area contributed by atoms with Crippen LogP contribution in [0.2, 0.25) is 5.02 Å². The number of nitrogens with two attached hydrogens (primary N) is 2. The third kappa shape index (κ3) is 7.11. The second-order valence-corrected chi connectivity index (χ2v) is 4.89. The van der Waals surface area contributed by atoms with Crippen LogP contribution in [0.1, 0.15) is 26.3 Å². The van der Waals surface area contributed by atoms with E-state index in [2.05, 4.69) is 10.2 Å². The predicted octanol–water partition coefficient (Wildman–Crippen LogP) is 2.04. The van der Waals surface area contributed by atoms with Crippen molar-refractivity contribution >= 4 is 23.8 Å². The molecule has 5 nitrogen and oxygen atoms in total. The van der Waals surface area contributed by atoms with E-state index in [0.29, 0.717) is 18.0 Å². The van der Waals surface area contributed by atoms with Crippen LogP contribution < -0.4 is 17.0 Å². The van der Waals surface area contributed by atoms with E-state index in [4.69, 9.17) is 23.2 Å². The van der Waals surface area contributed by atoms with Gasteiger partial charge in [-0.15, -0.1) is 0 Å². The smallest absolute Gasteiger partial charge is 0.293 e. The minimum absolute atomic E-state index is 0.318. The summed E-state index contributed by atoms with van der Waals surface area (Å²) >= 11 is 5.83. The summed E-state index contributed by atoms with van der Waals surface area (Å²) in [5.41, 5.74) is 9.29. The van der Waals surface area contributed by atoms with Crippen LogP contribution in [-0.4, -0.2) is 12.1 Å². The van der Waals surface area contributed by atoms with E-state index >= 15 is 0 Å². The number of hydrazine groups is 1. The number of halogens is 1. The molecule has 0 spiro atoms. The Balaban J connectivity index is 0.000000360. The summed E-state index contributed by atoms with van der Waals surface area (Å²) < 4.78 is 4.55.